The number of hydrogen-bond acceptors (Lipinski definition) is 11. The van der Waals surface area contributed by atoms with Crippen molar-refractivity contribution in [1.82, 2.24) is 25.5 Å². The number of carbonyl (C=O) groups is 4. The third-order valence-electron chi connectivity index (χ3n) is 11.8. The first-order chi connectivity index (χ1) is 27.0. The largest absolute Gasteiger partial charge is 0.495 e. The van der Waals surface area contributed by atoms with Gasteiger partial charge < -0.3 is 40.2 Å². The van der Waals surface area contributed by atoms with Crippen molar-refractivity contribution in [2.75, 3.05) is 19.0 Å². The number of halogens is 1. The van der Waals surface area contributed by atoms with Gasteiger partial charge in [-0.15, -0.1) is 17.9 Å². The highest BCUT2D eigenvalue weighted by Crippen LogP contribution is 2.47. The lowest BCUT2D eigenvalue weighted by Gasteiger charge is -2.35. The Morgan fingerprint density at radius 3 is 2.39 bits per heavy atom. The number of aromatic nitrogens is 2. The summed E-state index contributed by atoms with van der Waals surface area (Å²) in [4.78, 5) is 65.8. The van der Waals surface area contributed by atoms with Crippen LogP contribution in [-0.2, 0) is 19.1 Å². The van der Waals surface area contributed by atoms with Crippen molar-refractivity contribution < 1.29 is 38.5 Å². The van der Waals surface area contributed by atoms with Crippen molar-refractivity contribution in [3.8, 4) is 22.9 Å². The summed E-state index contributed by atoms with van der Waals surface area (Å²) >= 11 is 8.26. The van der Waals surface area contributed by atoms with Crippen LogP contribution in [0.1, 0.15) is 73.1 Å². The van der Waals surface area contributed by atoms with Gasteiger partial charge in [-0.3, -0.25) is 9.59 Å². The molecule has 1 aromatic carbocycles. The zero-order valence-corrected chi connectivity index (χ0v) is 34.7. The topological polar surface area (TPSA) is 181 Å². The van der Waals surface area contributed by atoms with E-state index in [4.69, 9.17) is 35.8 Å². The van der Waals surface area contributed by atoms with Crippen LogP contribution in [0.2, 0.25) is 5.02 Å². The van der Waals surface area contributed by atoms with Gasteiger partial charge in [0, 0.05) is 35.2 Å². The average molecular weight is 823 g/mol. The number of amides is 3. The fourth-order valence-electron chi connectivity index (χ4n) is 8.64. The number of benzene rings is 1. The van der Waals surface area contributed by atoms with E-state index in [2.05, 4.69) is 22.5 Å². The molecule has 0 radical (unpaired) electrons. The number of carboxylic acids is 1. The highest BCUT2D eigenvalue weighted by atomic mass is 35.5. The van der Waals surface area contributed by atoms with Crippen LogP contribution in [0, 0.1) is 23.2 Å². The first-order valence-corrected chi connectivity index (χ1v) is 20.8. The van der Waals surface area contributed by atoms with Crippen molar-refractivity contribution in [3.63, 3.8) is 0 Å². The van der Waals surface area contributed by atoms with Crippen molar-refractivity contribution in [1.29, 1.82) is 0 Å². The summed E-state index contributed by atoms with van der Waals surface area (Å²) in [6, 6.07) is 3.20. The lowest BCUT2D eigenvalue weighted by molar-refractivity contribution is -0.146. The molecule has 3 heterocycles. The Bertz CT molecular complexity index is 2070. The number of carbonyl (C=O) groups excluding carboxylic acids is 3. The molecule has 4 N–H and O–H groups in total. The summed E-state index contributed by atoms with van der Waals surface area (Å²) in [5.41, 5.74) is -0.832. The van der Waals surface area contributed by atoms with Crippen LogP contribution >= 0.6 is 22.9 Å². The molecule has 2 aromatic heterocycles. The Morgan fingerprint density at radius 2 is 1.79 bits per heavy atom. The third kappa shape index (κ3) is 7.97. The number of anilines is 1. The number of pyridine rings is 1. The van der Waals surface area contributed by atoms with Gasteiger partial charge in [0.2, 0.25) is 11.8 Å². The number of likely N-dealkylation sites (tertiary alicyclic amines) is 1. The smallest absolute Gasteiger partial charge is 0.408 e. The molecule has 4 aliphatic rings. The Labute approximate surface area is 341 Å². The molecule has 14 nitrogen and oxygen atoms in total. The van der Waals surface area contributed by atoms with Crippen LogP contribution in [0.4, 0.5) is 9.93 Å². The normalized spacial score (nSPS) is 26.9. The number of rotatable bonds is 13. The van der Waals surface area contributed by atoms with E-state index in [-0.39, 0.29) is 36.6 Å². The van der Waals surface area contributed by atoms with Gasteiger partial charge in [-0.2, -0.15) is 0 Å². The number of fused-ring (bicyclic) bond motifs is 3. The second-order valence-electron chi connectivity index (χ2n) is 17.1. The van der Waals surface area contributed by atoms with Gasteiger partial charge in [0.15, 0.2) is 5.13 Å². The van der Waals surface area contributed by atoms with Crippen molar-refractivity contribution >= 4 is 62.8 Å². The number of ether oxygens (including phenoxy) is 3. The van der Waals surface area contributed by atoms with Gasteiger partial charge >= 0.3 is 12.1 Å². The van der Waals surface area contributed by atoms with Gasteiger partial charge in [0.25, 0.3) is 0 Å². The Kier molecular flexibility index (Phi) is 11.1. The molecule has 0 unspecified atom stereocenters. The molecule has 0 spiro atoms. The molecular weight excluding hydrogens is 772 g/mol. The zero-order valence-electron chi connectivity index (χ0n) is 33.1. The molecule has 4 fully saturated rings. The SMILES string of the molecule is C=C[C@@H]1C[C@]1(NC(=O)[C@@H]1C[C@@H](Oc2cc(-c3csc(NC(C)C)n3)nc3c(Cl)c(OC)ccc23)CN1C(=O)[C@@H](NC(=O)OC1C2CCC1CC2)C(C)(C)C)C(=O)O. The van der Waals surface area contributed by atoms with Gasteiger partial charge in [0.1, 0.15) is 52.0 Å². The number of nitrogens with one attached hydrogen (secondary N) is 3. The molecule has 1 saturated heterocycles. The number of aliphatic carboxylic acids is 1. The summed E-state index contributed by atoms with van der Waals surface area (Å²) < 4.78 is 18.1. The van der Waals surface area contributed by atoms with Gasteiger partial charge in [-0.25, -0.2) is 19.6 Å². The number of hydrogen-bond donors (Lipinski definition) is 4. The first-order valence-electron chi connectivity index (χ1n) is 19.5. The Balaban J connectivity index is 1.21. The van der Waals surface area contributed by atoms with E-state index in [1.165, 1.54) is 29.4 Å². The zero-order chi connectivity index (χ0) is 41.0. The van der Waals surface area contributed by atoms with Crippen molar-refractivity contribution in [2.24, 2.45) is 23.2 Å². The van der Waals surface area contributed by atoms with E-state index in [0.717, 1.165) is 30.8 Å². The standard InChI is InChI=1S/C41H51ClN6O8S/c1-8-23-17-41(23,37(51)52)47-35(49)28-15-24(18-48(28)36(50)34(40(4,5)6)46-39(53)56-33-21-9-10-22(33)12-11-21)55-30-16-26(27-19-57-38(45-27)43-20(2)3)44-32-25(30)13-14-29(54-7)31(32)42/h8,13-14,16,19-24,28,33-34H,1,9-12,15,17-18H2,2-7H3,(H,43,45)(H,46,53)(H,47,49)(H,51,52)/t21?,22?,23-,24-,28+,33?,34-,41-/m1/s1. The predicted molar refractivity (Wildman–Crippen MR) is 217 cm³/mol. The lowest BCUT2D eigenvalue weighted by Crippen LogP contribution is -2.59. The molecule has 306 valence electrons. The third-order valence-corrected chi connectivity index (χ3v) is 12.9. The summed E-state index contributed by atoms with van der Waals surface area (Å²) in [7, 11) is 1.51. The molecule has 7 rings (SSSR count). The maximum atomic E-state index is 14.7. The summed E-state index contributed by atoms with van der Waals surface area (Å²) in [5, 5.41) is 22.5. The van der Waals surface area contributed by atoms with Crippen LogP contribution < -0.4 is 25.4 Å². The molecule has 1 aliphatic heterocycles. The van der Waals surface area contributed by atoms with E-state index >= 15 is 0 Å². The van der Waals surface area contributed by atoms with Crippen LogP contribution in [0.15, 0.2) is 36.2 Å². The lowest BCUT2D eigenvalue weighted by atomic mass is 9.85. The first kappa shape index (κ1) is 40.6. The highest BCUT2D eigenvalue weighted by molar-refractivity contribution is 7.14. The van der Waals surface area contributed by atoms with Crippen LogP contribution in [0.3, 0.4) is 0 Å². The van der Waals surface area contributed by atoms with Gasteiger partial charge in [0.05, 0.1) is 24.9 Å². The quantitative estimate of drug-likeness (QED) is 0.135. The highest BCUT2D eigenvalue weighted by Gasteiger charge is 2.61. The average Bonchev–Trinajstić information content (AvgIpc) is 3.61. The molecule has 16 heteroatoms. The number of carboxylic acid groups (broad SMARTS) is 1. The van der Waals surface area contributed by atoms with E-state index in [9.17, 15) is 24.3 Å². The molecule has 5 atom stereocenters. The fourth-order valence-corrected chi connectivity index (χ4v) is 9.78. The van der Waals surface area contributed by atoms with Crippen LogP contribution in [-0.4, -0.2) is 93.4 Å². The second-order valence-corrected chi connectivity index (χ2v) is 18.3. The molecule has 3 amide bonds. The Hall–Kier alpha value is -4.63. The second kappa shape index (κ2) is 15.6. The van der Waals surface area contributed by atoms with E-state index in [0.29, 0.717) is 45.6 Å². The van der Waals surface area contributed by atoms with E-state index in [1.54, 1.807) is 18.2 Å². The number of methoxy groups -OCH3 is 1. The van der Waals surface area contributed by atoms with Crippen molar-refractivity contribution in [3.05, 3.63) is 41.3 Å². The number of alkyl carbamates (subject to hydrolysis) is 1. The molecular formula is C41H51ClN6O8S. The monoisotopic (exact) mass is 822 g/mol. The molecule has 3 saturated carbocycles. The Morgan fingerprint density at radius 1 is 1.09 bits per heavy atom. The molecule has 3 aromatic rings. The summed E-state index contributed by atoms with van der Waals surface area (Å²) in [6.07, 6.45) is 4.22. The minimum absolute atomic E-state index is 0.0287. The van der Waals surface area contributed by atoms with Crippen LogP contribution in [0.5, 0.6) is 11.5 Å². The maximum Gasteiger partial charge on any atom is 0.408 e. The number of nitrogens with zero attached hydrogens (tertiary/aromatic N) is 3. The van der Waals surface area contributed by atoms with E-state index < -0.39 is 58.9 Å². The molecule has 3 aliphatic carbocycles. The number of thiazole rings is 1. The minimum Gasteiger partial charge on any atom is -0.495 e. The van der Waals surface area contributed by atoms with Crippen molar-refractivity contribution in [2.45, 2.75) is 109 Å². The summed E-state index contributed by atoms with van der Waals surface area (Å²) in [6.45, 7) is 13.2. The fraction of sp³-hybridized carbons (Fsp3) is 0.561. The minimum atomic E-state index is -1.53. The molecule has 57 heavy (non-hydrogen) atoms. The predicted octanol–water partition coefficient (Wildman–Crippen LogP) is 6.66. The van der Waals surface area contributed by atoms with E-state index in [1.807, 2.05) is 40.0 Å². The van der Waals surface area contributed by atoms with Gasteiger partial charge in [-0.05, 0) is 75.3 Å². The van der Waals surface area contributed by atoms with Crippen LogP contribution in [0.25, 0.3) is 22.3 Å². The maximum absolute atomic E-state index is 14.7. The summed E-state index contributed by atoms with van der Waals surface area (Å²) in [5.74, 6) is -1.34. The molecule has 2 bridgehead atoms. The van der Waals surface area contributed by atoms with Gasteiger partial charge in [-0.1, -0.05) is 38.4 Å².